The minimum absolute atomic E-state index is 0.582. The van der Waals surface area contributed by atoms with Gasteiger partial charge in [0.25, 0.3) is 0 Å². The molecule has 2 atom stereocenters. The molecule has 0 spiro atoms. The molecule has 3 heterocycles. The van der Waals surface area contributed by atoms with Gasteiger partial charge in [0.05, 0.1) is 6.61 Å². The summed E-state index contributed by atoms with van der Waals surface area (Å²) >= 11 is 1.74. The zero-order chi connectivity index (χ0) is 13.1. The molecule has 2 aliphatic rings. The van der Waals surface area contributed by atoms with Gasteiger partial charge < -0.3 is 15.0 Å². The van der Waals surface area contributed by atoms with Gasteiger partial charge in [-0.25, -0.2) is 4.98 Å². The first-order valence-electron chi connectivity index (χ1n) is 7.31. The number of rotatable bonds is 4. The number of hydrogen-bond acceptors (Lipinski definition) is 5. The molecular formula is C14H23N3OS. The van der Waals surface area contributed by atoms with Crippen molar-refractivity contribution in [3.63, 3.8) is 0 Å². The Morgan fingerprint density at radius 2 is 2.26 bits per heavy atom. The maximum absolute atomic E-state index is 5.48. The topological polar surface area (TPSA) is 37.4 Å². The normalized spacial score (nSPS) is 26.8. The fourth-order valence-corrected chi connectivity index (χ4v) is 3.76. The molecule has 1 aromatic heterocycles. The zero-order valence-corrected chi connectivity index (χ0v) is 12.4. The third kappa shape index (κ3) is 3.27. The molecule has 3 rings (SSSR count). The summed E-state index contributed by atoms with van der Waals surface area (Å²) in [5, 5.41) is 7.04. The summed E-state index contributed by atoms with van der Waals surface area (Å²) in [5.41, 5.74) is 0. The van der Waals surface area contributed by atoms with Gasteiger partial charge in [-0.2, -0.15) is 0 Å². The van der Waals surface area contributed by atoms with Gasteiger partial charge in [0.15, 0.2) is 5.13 Å². The van der Waals surface area contributed by atoms with Gasteiger partial charge in [-0.15, -0.1) is 11.3 Å². The third-order valence-electron chi connectivity index (χ3n) is 4.36. The number of nitrogens with one attached hydrogen (secondary N) is 1. The highest BCUT2D eigenvalue weighted by atomic mass is 32.1. The lowest BCUT2D eigenvalue weighted by atomic mass is 9.97. The van der Waals surface area contributed by atoms with Crippen LogP contribution in [0.1, 0.15) is 26.2 Å². The van der Waals surface area contributed by atoms with E-state index < -0.39 is 0 Å². The molecule has 1 N–H and O–H groups in total. The van der Waals surface area contributed by atoms with Crippen LogP contribution in [0, 0.1) is 5.92 Å². The van der Waals surface area contributed by atoms with E-state index in [-0.39, 0.29) is 0 Å². The molecule has 2 aliphatic heterocycles. The zero-order valence-electron chi connectivity index (χ0n) is 11.5. The van der Waals surface area contributed by atoms with E-state index in [0.717, 1.165) is 26.3 Å². The molecule has 0 aromatic carbocycles. The van der Waals surface area contributed by atoms with Crippen molar-refractivity contribution >= 4 is 16.5 Å². The molecule has 5 heteroatoms. The van der Waals surface area contributed by atoms with E-state index in [2.05, 4.69) is 27.5 Å². The smallest absolute Gasteiger partial charge is 0.185 e. The Labute approximate surface area is 119 Å². The lowest BCUT2D eigenvalue weighted by molar-refractivity contribution is 0.175. The first kappa shape index (κ1) is 13.3. The van der Waals surface area contributed by atoms with Crippen molar-refractivity contribution in [2.45, 2.75) is 38.3 Å². The first-order chi connectivity index (χ1) is 9.33. The van der Waals surface area contributed by atoms with E-state index in [0.29, 0.717) is 18.0 Å². The summed E-state index contributed by atoms with van der Waals surface area (Å²) in [7, 11) is 0. The van der Waals surface area contributed by atoms with Crippen molar-refractivity contribution in [1.82, 2.24) is 10.3 Å². The Morgan fingerprint density at radius 1 is 1.42 bits per heavy atom. The first-order valence-corrected chi connectivity index (χ1v) is 8.19. The highest BCUT2D eigenvalue weighted by Gasteiger charge is 2.26. The molecule has 0 radical (unpaired) electrons. The minimum atomic E-state index is 0.582. The number of piperidine rings is 1. The van der Waals surface area contributed by atoms with E-state index in [1.807, 2.05) is 6.20 Å². The molecular weight excluding hydrogens is 258 g/mol. The molecule has 1 aromatic rings. The number of thiazole rings is 1. The van der Waals surface area contributed by atoms with Crippen molar-refractivity contribution in [3.05, 3.63) is 11.6 Å². The predicted molar refractivity (Wildman–Crippen MR) is 78.9 cm³/mol. The van der Waals surface area contributed by atoms with Crippen LogP contribution in [0.2, 0.25) is 0 Å². The van der Waals surface area contributed by atoms with Crippen LogP contribution in [0.4, 0.5) is 5.13 Å². The average Bonchev–Trinajstić information content (AvgIpc) is 3.13. The van der Waals surface area contributed by atoms with Gasteiger partial charge in [0.1, 0.15) is 0 Å². The summed E-state index contributed by atoms with van der Waals surface area (Å²) in [6.07, 6.45) is 5.55. The SMILES string of the molecule is C[C@@H](NC1CCN(c2nccs2)CC1)[C@H]1CCOC1. The van der Waals surface area contributed by atoms with E-state index in [9.17, 15) is 0 Å². The molecule has 0 unspecified atom stereocenters. The van der Waals surface area contributed by atoms with E-state index in [1.54, 1.807) is 11.3 Å². The van der Waals surface area contributed by atoms with E-state index in [4.69, 9.17) is 4.74 Å². The van der Waals surface area contributed by atoms with Crippen LogP contribution in [-0.4, -0.2) is 43.4 Å². The molecule has 4 nitrogen and oxygen atoms in total. The second-order valence-electron chi connectivity index (χ2n) is 5.66. The Balaban J connectivity index is 1.45. The highest BCUT2D eigenvalue weighted by molar-refractivity contribution is 7.13. The number of ether oxygens (including phenoxy) is 1. The summed E-state index contributed by atoms with van der Waals surface area (Å²) in [6.45, 7) is 6.44. The second-order valence-corrected chi connectivity index (χ2v) is 6.53. The van der Waals surface area contributed by atoms with Gasteiger partial charge in [0, 0.05) is 43.4 Å². The summed E-state index contributed by atoms with van der Waals surface area (Å²) in [5.74, 6) is 0.706. The lowest BCUT2D eigenvalue weighted by Gasteiger charge is -2.34. The van der Waals surface area contributed by atoms with Crippen LogP contribution >= 0.6 is 11.3 Å². The van der Waals surface area contributed by atoms with Crippen molar-refractivity contribution in [2.75, 3.05) is 31.2 Å². The van der Waals surface area contributed by atoms with Crippen LogP contribution in [0.15, 0.2) is 11.6 Å². The van der Waals surface area contributed by atoms with Gasteiger partial charge >= 0.3 is 0 Å². The van der Waals surface area contributed by atoms with Crippen molar-refractivity contribution in [2.24, 2.45) is 5.92 Å². The minimum Gasteiger partial charge on any atom is -0.381 e. The molecule has 19 heavy (non-hydrogen) atoms. The maximum Gasteiger partial charge on any atom is 0.185 e. The molecule has 0 saturated carbocycles. The average molecular weight is 281 g/mol. The molecule has 2 saturated heterocycles. The van der Waals surface area contributed by atoms with Gasteiger partial charge in [-0.1, -0.05) is 0 Å². The monoisotopic (exact) mass is 281 g/mol. The molecule has 0 bridgehead atoms. The van der Waals surface area contributed by atoms with Crippen LogP contribution in [0.3, 0.4) is 0 Å². The fourth-order valence-electron chi connectivity index (χ4n) is 3.06. The number of nitrogens with zero attached hydrogens (tertiary/aromatic N) is 2. The van der Waals surface area contributed by atoms with Crippen LogP contribution in [0.5, 0.6) is 0 Å². The molecule has 0 aliphatic carbocycles. The quantitative estimate of drug-likeness (QED) is 0.917. The summed E-state index contributed by atoms with van der Waals surface area (Å²) in [6, 6.07) is 1.24. The standard InChI is InChI=1S/C14H23N3OS/c1-11(12-4-8-18-10-12)16-13-2-6-17(7-3-13)14-15-5-9-19-14/h5,9,11-13,16H,2-4,6-8,10H2,1H3/t11-,12+/m1/s1. The van der Waals surface area contributed by atoms with Gasteiger partial charge in [-0.05, 0) is 32.1 Å². The van der Waals surface area contributed by atoms with E-state index >= 15 is 0 Å². The van der Waals surface area contributed by atoms with Crippen molar-refractivity contribution in [1.29, 1.82) is 0 Å². The number of aromatic nitrogens is 1. The summed E-state index contributed by atoms with van der Waals surface area (Å²) < 4.78 is 5.48. The molecule has 106 valence electrons. The predicted octanol–water partition coefficient (Wildman–Crippen LogP) is 2.13. The Bertz CT molecular complexity index is 370. The van der Waals surface area contributed by atoms with E-state index in [1.165, 1.54) is 24.4 Å². The Kier molecular flexibility index (Phi) is 4.35. The highest BCUT2D eigenvalue weighted by Crippen LogP contribution is 2.23. The Hall–Kier alpha value is -0.650. The fraction of sp³-hybridized carbons (Fsp3) is 0.786. The largest absolute Gasteiger partial charge is 0.381 e. The maximum atomic E-state index is 5.48. The van der Waals surface area contributed by atoms with Crippen molar-refractivity contribution < 1.29 is 4.74 Å². The summed E-state index contributed by atoms with van der Waals surface area (Å²) in [4.78, 5) is 6.81. The van der Waals surface area contributed by atoms with Gasteiger partial charge in [-0.3, -0.25) is 0 Å². The second kappa shape index (κ2) is 6.20. The lowest BCUT2D eigenvalue weighted by Crippen LogP contribution is -2.47. The number of anilines is 1. The molecule has 2 fully saturated rings. The molecule has 0 amide bonds. The van der Waals surface area contributed by atoms with Crippen LogP contribution < -0.4 is 10.2 Å². The van der Waals surface area contributed by atoms with Crippen LogP contribution in [0.25, 0.3) is 0 Å². The Morgan fingerprint density at radius 3 is 2.89 bits per heavy atom. The van der Waals surface area contributed by atoms with Crippen LogP contribution in [-0.2, 0) is 4.74 Å². The van der Waals surface area contributed by atoms with Crippen molar-refractivity contribution in [3.8, 4) is 0 Å². The van der Waals surface area contributed by atoms with Gasteiger partial charge in [0.2, 0.25) is 0 Å². The number of hydrogen-bond donors (Lipinski definition) is 1. The third-order valence-corrected chi connectivity index (χ3v) is 5.19.